The van der Waals surface area contributed by atoms with Gasteiger partial charge in [-0.2, -0.15) is 0 Å². The van der Waals surface area contributed by atoms with Crippen molar-refractivity contribution in [1.29, 1.82) is 0 Å². The number of carbonyl (C=O) groups excluding carboxylic acids is 4. The van der Waals surface area contributed by atoms with Gasteiger partial charge in [0.25, 0.3) is 11.8 Å². The molecule has 3 fully saturated rings. The van der Waals surface area contributed by atoms with E-state index in [1.165, 1.54) is 4.90 Å². The Labute approximate surface area is 348 Å². The van der Waals surface area contributed by atoms with Crippen LogP contribution in [-0.4, -0.2) is 94.0 Å². The van der Waals surface area contributed by atoms with Gasteiger partial charge in [0.2, 0.25) is 27.7 Å². The molecule has 1 aromatic heterocycles. The van der Waals surface area contributed by atoms with E-state index in [0.29, 0.717) is 41.1 Å². The second kappa shape index (κ2) is 15.8. The van der Waals surface area contributed by atoms with Crippen LogP contribution in [0, 0.1) is 9.49 Å². The summed E-state index contributed by atoms with van der Waals surface area (Å²) in [5.41, 5.74) is -0.930. The lowest BCUT2D eigenvalue weighted by Crippen LogP contribution is -2.58. The Bertz CT molecular complexity index is 2120. The number of sulfonamides is 1. The number of rotatable bonds is 13. The first-order valence-electron chi connectivity index (χ1n) is 18.1. The number of alkyl halides is 1. The molecule has 4 N–H and O–H groups in total. The normalized spacial score (nSPS) is 22.9. The van der Waals surface area contributed by atoms with Crippen molar-refractivity contribution in [3.05, 3.63) is 57.8 Å². The molecule has 0 spiro atoms. The number of aromatic nitrogens is 1. The van der Waals surface area contributed by atoms with Crippen LogP contribution in [0.1, 0.15) is 70.7 Å². The second-order valence-electron chi connectivity index (χ2n) is 15.8. The Balaban J connectivity index is 1.29. The van der Waals surface area contributed by atoms with E-state index in [1.807, 2.05) is 75.4 Å². The summed E-state index contributed by atoms with van der Waals surface area (Å²) in [7, 11) is -2.30. The van der Waals surface area contributed by atoms with Crippen LogP contribution in [0.15, 0.2) is 48.7 Å². The molecule has 17 heteroatoms. The number of hydrogen-bond acceptors (Lipinski definition) is 10. The summed E-state index contributed by atoms with van der Waals surface area (Å²) in [6.45, 7) is 9.46. The second-order valence-corrected chi connectivity index (χ2v) is 20.5. The number of ether oxygens (including phenoxy) is 2. The van der Waals surface area contributed by atoms with E-state index in [2.05, 4.69) is 48.2 Å². The average Bonchev–Trinajstić information content (AvgIpc) is 4.03. The van der Waals surface area contributed by atoms with Crippen molar-refractivity contribution in [3.8, 4) is 11.6 Å². The highest BCUT2D eigenvalue weighted by Gasteiger charge is 2.62. The van der Waals surface area contributed by atoms with Crippen LogP contribution in [0.2, 0.25) is 0 Å². The van der Waals surface area contributed by atoms with Crippen LogP contribution in [0.25, 0.3) is 10.8 Å². The summed E-state index contributed by atoms with van der Waals surface area (Å²) in [5.74, 6) is -1.40. The summed E-state index contributed by atoms with van der Waals surface area (Å²) in [6.07, 6.45) is 2.16. The molecule has 3 aromatic rings. The molecule has 296 valence electrons. The molecule has 2 saturated carbocycles. The molecule has 1 aliphatic heterocycles. The van der Waals surface area contributed by atoms with Gasteiger partial charge in [-0.15, -0.1) is 0 Å². The van der Waals surface area contributed by atoms with Gasteiger partial charge < -0.3 is 30.3 Å². The van der Waals surface area contributed by atoms with Crippen LogP contribution in [-0.2, 0) is 24.4 Å². The molecule has 0 unspecified atom stereocenters. The third-order valence-corrected chi connectivity index (χ3v) is 13.8. The Morgan fingerprint density at radius 2 is 1.76 bits per heavy atom. The summed E-state index contributed by atoms with van der Waals surface area (Å²) in [6, 6.07) is 10.8. The molecule has 55 heavy (non-hydrogen) atoms. The van der Waals surface area contributed by atoms with Gasteiger partial charge in [-0.25, -0.2) is 13.4 Å². The van der Waals surface area contributed by atoms with Gasteiger partial charge in [-0.1, -0.05) is 42.5 Å². The molecule has 3 aliphatic rings. The molecule has 0 radical (unpaired) electrons. The Hall–Kier alpha value is -3.46. The number of amides is 4. The number of methoxy groups -OCH3 is 1. The number of anilines is 1. The lowest BCUT2D eigenvalue weighted by molar-refractivity contribution is -0.140. The van der Waals surface area contributed by atoms with E-state index < -0.39 is 56.4 Å². The van der Waals surface area contributed by atoms with Crippen LogP contribution < -0.4 is 30.1 Å². The van der Waals surface area contributed by atoms with Crippen molar-refractivity contribution < 1.29 is 37.1 Å². The van der Waals surface area contributed by atoms with Gasteiger partial charge in [0.05, 0.1) is 25.1 Å². The van der Waals surface area contributed by atoms with E-state index in [4.69, 9.17) is 9.47 Å². The molecule has 1 saturated heterocycles. The number of benzene rings is 2. The maximum Gasteiger partial charge on any atom is 0.260 e. The largest absolute Gasteiger partial charge is 0.494 e. The highest BCUT2D eigenvalue weighted by molar-refractivity contribution is 14.1. The number of likely N-dealkylation sites (tertiary alicyclic amines) is 1. The highest BCUT2D eigenvalue weighted by Crippen LogP contribution is 2.44. The minimum atomic E-state index is -3.86. The molecule has 0 bridgehead atoms. The highest BCUT2D eigenvalue weighted by atomic mass is 127. The van der Waals surface area contributed by atoms with Crippen LogP contribution in [0.5, 0.6) is 11.6 Å². The van der Waals surface area contributed by atoms with E-state index in [1.54, 1.807) is 37.6 Å². The molecule has 2 aromatic carbocycles. The maximum atomic E-state index is 14.7. The molecule has 6 rings (SSSR count). The fourth-order valence-electron chi connectivity index (χ4n) is 6.62. The number of fused-ring (bicyclic) bond motifs is 1. The summed E-state index contributed by atoms with van der Waals surface area (Å²) < 4.78 is 40.2. The van der Waals surface area contributed by atoms with Gasteiger partial charge in [0.15, 0.2) is 0 Å². The predicted molar refractivity (Wildman–Crippen MR) is 225 cm³/mol. The first kappa shape index (κ1) is 41.2. The number of halogens is 2. The van der Waals surface area contributed by atoms with Crippen LogP contribution in [0.4, 0.5) is 5.69 Å². The van der Waals surface area contributed by atoms with Gasteiger partial charge in [-0.05, 0) is 105 Å². The topological polar surface area (TPSA) is 185 Å². The fourth-order valence-corrected chi connectivity index (χ4v) is 9.61. The Kier molecular flexibility index (Phi) is 11.8. The minimum absolute atomic E-state index is 0.0257. The molecule has 14 nitrogen and oxygen atoms in total. The molecular formula is C38H46I2N6O8S. The molecule has 4 amide bonds. The van der Waals surface area contributed by atoms with E-state index in [-0.39, 0.29) is 41.0 Å². The summed E-state index contributed by atoms with van der Waals surface area (Å²) >= 11 is 4.23. The van der Waals surface area contributed by atoms with Crippen molar-refractivity contribution in [2.24, 2.45) is 5.92 Å². The Morgan fingerprint density at radius 3 is 2.38 bits per heavy atom. The monoisotopic (exact) mass is 1000 g/mol. The zero-order valence-electron chi connectivity index (χ0n) is 31.4. The average molecular weight is 1000 g/mol. The minimum Gasteiger partial charge on any atom is -0.494 e. The quantitative estimate of drug-likeness (QED) is 0.140. The third kappa shape index (κ3) is 9.24. The van der Waals surface area contributed by atoms with Crippen LogP contribution >= 0.6 is 45.2 Å². The third-order valence-electron chi connectivity index (χ3n) is 9.82. The van der Waals surface area contributed by atoms with Crippen molar-refractivity contribution in [2.45, 2.75) is 98.7 Å². The lowest BCUT2D eigenvalue weighted by atomic mass is 10.0. The predicted octanol–water partition coefficient (Wildman–Crippen LogP) is 4.53. The lowest BCUT2D eigenvalue weighted by Gasteiger charge is -2.31. The molecular weight excluding hydrogens is 954 g/mol. The van der Waals surface area contributed by atoms with Gasteiger partial charge in [0, 0.05) is 41.5 Å². The SMILES string of the molecule is COc1cnc(O[C@@H]2C[C@@H](C(=O)N[C@]3(C(=O)NS(=O)(=O)C4CC4)C[C@H]3I)N(C(=O)[C@@H](Nc3cccc(C(=O)NC(C)(C)C)c3)C(C)C)C2)c2cc(I)ccc12. The standard InChI is InChI=1S/C38H46I2N6O8S/c1-20(2)31(42-23-9-7-8-21(14-23)32(47)43-37(3,4)5)35(49)46-19-24(54-34-27-15-22(39)10-13-26(27)29(53-6)18-41-34)16-28(46)33(48)44-38(17-30(38)40)36(50)45-55(51,52)25-11-12-25/h7-10,13-15,18,20,24-25,28,30-31,42H,11-12,16-17,19H2,1-6H3,(H,43,47)(H,44,48)(H,45,50)/t24-,28+,30-,31+,38-/m1/s1. The molecule has 2 heterocycles. The fraction of sp³-hybridized carbons (Fsp3) is 0.500. The number of hydrogen-bond donors (Lipinski definition) is 4. The first-order chi connectivity index (χ1) is 25.8. The molecule has 5 atom stereocenters. The van der Waals surface area contributed by atoms with Gasteiger partial charge in [0.1, 0.15) is 29.5 Å². The van der Waals surface area contributed by atoms with E-state index in [9.17, 15) is 27.6 Å². The van der Waals surface area contributed by atoms with Gasteiger partial charge in [-0.3, -0.25) is 23.9 Å². The zero-order chi connectivity index (χ0) is 40.0. The molecule has 2 aliphatic carbocycles. The number of pyridine rings is 1. The summed E-state index contributed by atoms with van der Waals surface area (Å²) in [4.78, 5) is 61.4. The number of nitrogens with zero attached hydrogens (tertiary/aromatic N) is 2. The van der Waals surface area contributed by atoms with E-state index in [0.717, 1.165) is 8.96 Å². The smallest absolute Gasteiger partial charge is 0.260 e. The maximum absolute atomic E-state index is 14.7. The van der Waals surface area contributed by atoms with E-state index >= 15 is 0 Å². The number of nitrogens with one attached hydrogen (secondary N) is 4. The van der Waals surface area contributed by atoms with Crippen molar-refractivity contribution in [2.75, 3.05) is 19.0 Å². The Morgan fingerprint density at radius 1 is 1.05 bits per heavy atom. The van der Waals surface area contributed by atoms with Gasteiger partial charge >= 0.3 is 0 Å². The van der Waals surface area contributed by atoms with Crippen molar-refractivity contribution in [3.63, 3.8) is 0 Å². The van der Waals surface area contributed by atoms with Crippen molar-refractivity contribution >= 4 is 95.3 Å². The van der Waals surface area contributed by atoms with Crippen LogP contribution in [0.3, 0.4) is 0 Å². The summed E-state index contributed by atoms with van der Waals surface area (Å²) in [5, 5.41) is 9.97. The van der Waals surface area contributed by atoms with Crippen molar-refractivity contribution in [1.82, 2.24) is 25.2 Å². The zero-order valence-corrected chi connectivity index (χ0v) is 36.6. The number of carbonyl (C=O) groups is 4. The first-order valence-corrected chi connectivity index (χ1v) is 22.0.